The van der Waals surface area contributed by atoms with Crippen LogP contribution in [0.5, 0.6) is 0 Å². The molecular formula is C10H14N2O2. The van der Waals surface area contributed by atoms with Crippen LogP contribution in [0.3, 0.4) is 0 Å². The van der Waals surface area contributed by atoms with E-state index in [9.17, 15) is 4.79 Å². The Hall–Kier alpha value is -1.71. The number of nitrogens with zero attached hydrogens (tertiary/aromatic N) is 2. The van der Waals surface area contributed by atoms with E-state index in [1.165, 1.54) is 12.0 Å². The molecule has 4 nitrogen and oxygen atoms in total. The lowest BCUT2D eigenvalue weighted by Crippen LogP contribution is -2.36. The van der Waals surface area contributed by atoms with Crippen LogP contribution in [-0.4, -0.2) is 22.1 Å². The molecule has 14 heavy (non-hydrogen) atoms. The molecule has 0 aliphatic carbocycles. The van der Waals surface area contributed by atoms with Gasteiger partial charge in [-0.25, -0.2) is 0 Å². The summed E-state index contributed by atoms with van der Waals surface area (Å²) in [7, 11) is 0. The molecule has 0 aromatic heterocycles. The fourth-order valence-corrected chi connectivity index (χ4v) is 1.27. The molecule has 0 amide bonds. The van der Waals surface area contributed by atoms with Gasteiger partial charge in [-0.3, -0.25) is 4.79 Å². The van der Waals surface area contributed by atoms with Gasteiger partial charge < -0.3 is 9.74 Å². The van der Waals surface area contributed by atoms with E-state index in [1.54, 1.807) is 24.7 Å². The predicted octanol–water partition coefficient (Wildman–Crippen LogP) is 1.60. The largest absolute Gasteiger partial charge is 0.340 e. The number of hydrogen-bond acceptors (Lipinski definition) is 4. The van der Waals surface area contributed by atoms with E-state index in [1.807, 2.05) is 4.90 Å². The van der Waals surface area contributed by atoms with Gasteiger partial charge in [0, 0.05) is 19.5 Å². The molecule has 1 unspecified atom stereocenters. The first-order chi connectivity index (χ1) is 6.69. The van der Waals surface area contributed by atoms with Crippen LogP contribution in [0.1, 0.15) is 13.3 Å². The van der Waals surface area contributed by atoms with Crippen molar-refractivity contribution in [3.63, 3.8) is 0 Å². The van der Waals surface area contributed by atoms with Crippen LogP contribution in [0.15, 0.2) is 37.8 Å². The fourth-order valence-electron chi connectivity index (χ4n) is 1.27. The van der Waals surface area contributed by atoms with Crippen molar-refractivity contribution in [3.8, 4) is 0 Å². The molecule has 0 N–H and O–H groups in total. The van der Waals surface area contributed by atoms with Gasteiger partial charge in [0.25, 0.3) is 0 Å². The first-order valence-electron chi connectivity index (χ1n) is 4.35. The second kappa shape index (κ2) is 4.50. The SMILES string of the molecule is C=CCC1N(C=C)C=CN1OC(C)=O. The highest BCUT2D eigenvalue weighted by molar-refractivity contribution is 5.65. The molecule has 1 rings (SSSR count). The van der Waals surface area contributed by atoms with Crippen molar-refractivity contribution in [1.29, 1.82) is 0 Å². The maximum Gasteiger partial charge on any atom is 0.329 e. The van der Waals surface area contributed by atoms with Crippen LogP contribution in [0.4, 0.5) is 0 Å². The lowest BCUT2D eigenvalue weighted by Gasteiger charge is -2.27. The average molecular weight is 194 g/mol. The Morgan fingerprint density at radius 3 is 2.79 bits per heavy atom. The molecule has 0 radical (unpaired) electrons. The van der Waals surface area contributed by atoms with Crippen molar-refractivity contribution in [3.05, 3.63) is 37.8 Å². The lowest BCUT2D eigenvalue weighted by atomic mass is 10.3. The summed E-state index contributed by atoms with van der Waals surface area (Å²) >= 11 is 0. The molecule has 1 heterocycles. The quantitative estimate of drug-likeness (QED) is 0.636. The minimum atomic E-state index is -0.338. The first-order valence-corrected chi connectivity index (χ1v) is 4.35. The minimum absolute atomic E-state index is 0.0612. The zero-order valence-electron chi connectivity index (χ0n) is 8.22. The van der Waals surface area contributed by atoms with Gasteiger partial charge in [0.1, 0.15) is 6.17 Å². The summed E-state index contributed by atoms with van der Waals surface area (Å²) < 4.78 is 0. The molecule has 1 atom stereocenters. The van der Waals surface area contributed by atoms with Crippen molar-refractivity contribution >= 4 is 5.97 Å². The first kappa shape index (κ1) is 10.4. The summed E-state index contributed by atoms with van der Waals surface area (Å²) in [5.41, 5.74) is 0. The van der Waals surface area contributed by atoms with Gasteiger partial charge in [0.05, 0.1) is 6.20 Å². The second-order valence-corrected chi connectivity index (χ2v) is 2.88. The Bertz CT molecular complexity index is 273. The van der Waals surface area contributed by atoms with Crippen molar-refractivity contribution in [2.24, 2.45) is 0 Å². The van der Waals surface area contributed by atoms with Crippen molar-refractivity contribution in [2.45, 2.75) is 19.5 Å². The topological polar surface area (TPSA) is 32.8 Å². The molecule has 0 aromatic carbocycles. The number of carbonyl (C=O) groups excluding carboxylic acids is 1. The van der Waals surface area contributed by atoms with Crippen LogP contribution in [-0.2, 0) is 9.63 Å². The fraction of sp³-hybridized carbons (Fsp3) is 0.300. The Kier molecular flexibility index (Phi) is 3.34. The summed E-state index contributed by atoms with van der Waals surface area (Å²) in [4.78, 5) is 17.6. The van der Waals surface area contributed by atoms with Gasteiger partial charge >= 0.3 is 5.97 Å². The molecule has 0 fully saturated rings. The third-order valence-electron chi connectivity index (χ3n) is 1.85. The number of hydroxylamine groups is 2. The monoisotopic (exact) mass is 194 g/mol. The summed E-state index contributed by atoms with van der Waals surface area (Å²) in [6.07, 6.45) is 7.56. The maximum absolute atomic E-state index is 10.8. The molecule has 1 aliphatic heterocycles. The van der Waals surface area contributed by atoms with Gasteiger partial charge in [-0.05, 0) is 6.20 Å². The van der Waals surface area contributed by atoms with E-state index >= 15 is 0 Å². The van der Waals surface area contributed by atoms with Gasteiger partial charge in [-0.1, -0.05) is 12.7 Å². The highest BCUT2D eigenvalue weighted by Gasteiger charge is 2.25. The summed E-state index contributed by atoms with van der Waals surface area (Å²) in [5.74, 6) is -0.338. The van der Waals surface area contributed by atoms with E-state index < -0.39 is 0 Å². The molecule has 0 bridgehead atoms. The third-order valence-corrected chi connectivity index (χ3v) is 1.85. The molecule has 0 spiro atoms. The van der Waals surface area contributed by atoms with Crippen molar-refractivity contribution in [2.75, 3.05) is 0 Å². The maximum atomic E-state index is 10.8. The van der Waals surface area contributed by atoms with Gasteiger partial charge in [0.2, 0.25) is 0 Å². The van der Waals surface area contributed by atoms with E-state index in [-0.39, 0.29) is 12.1 Å². The van der Waals surface area contributed by atoms with Crippen LogP contribution in [0.25, 0.3) is 0 Å². The average Bonchev–Trinajstić information content (AvgIpc) is 2.48. The predicted molar refractivity (Wildman–Crippen MR) is 53.4 cm³/mol. The van der Waals surface area contributed by atoms with Crippen LogP contribution < -0.4 is 0 Å². The summed E-state index contributed by atoms with van der Waals surface area (Å²) in [6.45, 7) is 8.68. The third kappa shape index (κ3) is 2.16. The molecule has 76 valence electrons. The smallest absolute Gasteiger partial charge is 0.329 e. The Labute approximate surface area is 83.7 Å². The van der Waals surface area contributed by atoms with Crippen LogP contribution in [0, 0.1) is 0 Å². The molecule has 0 saturated heterocycles. The Balaban J connectivity index is 2.66. The van der Waals surface area contributed by atoms with E-state index in [0.717, 1.165) is 0 Å². The zero-order valence-corrected chi connectivity index (χ0v) is 8.22. The zero-order chi connectivity index (χ0) is 10.6. The van der Waals surface area contributed by atoms with Crippen LogP contribution in [0.2, 0.25) is 0 Å². The highest BCUT2D eigenvalue weighted by atomic mass is 16.7. The summed E-state index contributed by atoms with van der Waals surface area (Å²) in [5, 5.41) is 1.49. The number of hydrogen-bond donors (Lipinski definition) is 0. The van der Waals surface area contributed by atoms with E-state index in [0.29, 0.717) is 6.42 Å². The van der Waals surface area contributed by atoms with Gasteiger partial charge in [-0.2, -0.15) is 5.06 Å². The normalized spacial score (nSPS) is 19.6. The minimum Gasteiger partial charge on any atom is -0.340 e. The lowest BCUT2D eigenvalue weighted by molar-refractivity contribution is -0.187. The Morgan fingerprint density at radius 1 is 1.57 bits per heavy atom. The van der Waals surface area contributed by atoms with Gasteiger partial charge in [-0.15, -0.1) is 6.58 Å². The van der Waals surface area contributed by atoms with E-state index in [2.05, 4.69) is 13.2 Å². The standard InChI is InChI=1S/C10H14N2O2/c1-4-6-10-11(5-2)7-8-12(10)14-9(3)13/h4-5,7-8,10H,1-2,6H2,3H3. The summed E-state index contributed by atoms with van der Waals surface area (Å²) in [6, 6.07) is 0. The Morgan fingerprint density at radius 2 is 2.29 bits per heavy atom. The second-order valence-electron chi connectivity index (χ2n) is 2.88. The van der Waals surface area contributed by atoms with Crippen molar-refractivity contribution < 1.29 is 9.63 Å². The van der Waals surface area contributed by atoms with Crippen LogP contribution >= 0.6 is 0 Å². The molecule has 0 aromatic rings. The van der Waals surface area contributed by atoms with Gasteiger partial charge in [0.15, 0.2) is 0 Å². The highest BCUT2D eigenvalue weighted by Crippen LogP contribution is 2.19. The number of rotatable bonds is 4. The van der Waals surface area contributed by atoms with Crippen molar-refractivity contribution in [1.82, 2.24) is 9.96 Å². The molecular weight excluding hydrogens is 180 g/mol. The molecule has 4 heteroatoms. The molecule has 1 aliphatic rings. The molecule has 0 saturated carbocycles. The number of carbonyl (C=O) groups is 1. The van der Waals surface area contributed by atoms with E-state index in [4.69, 9.17) is 4.84 Å².